The Bertz CT molecular complexity index is 1570. The summed E-state index contributed by atoms with van der Waals surface area (Å²) in [6.45, 7) is 5.91. The second-order valence-electron chi connectivity index (χ2n) is 10.6. The number of nitrogens with one attached hydrogen (secondary N) is 1. The number of hydrogen-bond acceptors (Lipinski definition) is 9. The molecule has 2 aliphatic rings. The number of aromatic amines is 1. The Morgan fingerprint density at radius 3 is 2.69 bits per heavy atom. The van der Waals surface area contributed by atoms with Crippen LogP contribution in [0.3, 0.4) is 0 Å². The zero-order valence-electron chi connectivity index (χ0n) is 23.1. The molecule has 4 aromatic heterocycles. The van der Waals surface area contributed by atoms with Gasteiger partial charge in [0.25, 0.3) is 0 Å². The monoisotopic (exact) mass is 583 g/mol. The van der Waals surface area contributed by atoms with Crippen LogP contribution in [0, 0.1) is 0 Å². The lowest BCUT2D eigenvalue weighted by Gasteiger charge is -2.32. The fourth-order valence-electron chi connectivity index (χ4n) is 5.22. The normalized spacial score (nSPS) is 18.9. The van der Waals surface area contributed by atoms with Crippen molar-refractivity contribution in [2.45, 2.75) is 57.5 Å². The van der Waals surface area contributed by atoms with E-state index in [1.54, 1.807) is 12.3 Å². The highest BCUT2D eigenvalue weighted by molar-refractivity contribution is 5.78. The number of piperidine rings is 1. The van der Waals surface area contributed by atoms with Gasteiger partial charge in [0.15, 0.2) is 5.82 Å². The summed E-state index contributed by atoms with van der Waals surface area (Å²) in [5, 5.41) is 5.65. The molecule has 222 valence electrons. The quantitative estimate of drug-likeness (QED) is 0.300. The lowest BCUT2D eigenvalue weighted by Crippen LogP contribution is -2.35. The number of allylic oxidation sites excluding steroid dienone is 1. The lowest BCUT2D eigenvalue weighted by atomic mass is 9.93. The molecule has 2 aliphatic heterocycles. The number of nitrogens with two attached hydrogens (primary N) is 1. The average Bonchev–Trinajstić information content (AvgIpc) is 3.59. The fourth-order valence-corrected chi connectivity index (χ4v) is 5.22. The van der Waals surface area contributed by atoms with E-state index < -0.39 is 12.0 Å². The molecule has 42 heavy (non-hydrogen) atoms. The fraction of sp³-hybridized carbons (Fsp3) is 0.464. The molecule has 0 amide bonds. The standard InChI is InChI=1S/C28H32F3N9O2/c1-2-18(32)16-42-25-5-3-4-20(35-25)17-6-9-39(10-7-17)15-24-34-21-12-22(26-36-27(38-37-26)28(29,30)31)33-13-23(21)40(24)14-19-8-11-41-19/h2-5,12-13,17,19H,6-11,14-16,32H2,1H3,(H,36,37,38)/b18-2-/t19-/m0/s1. The van der Waals surface area contributed by atoms with E-state index in [4.69, 9.17) is 25.2 Å². The first-order valence-corrected chi connectivity index (χ1v) is 14.0. The molecule has 1 atom stereocenters. The summed E-state index contributed by atoms with van der Waals surface area (Å²) in [5.74, 6) is 0.459. The molecule has 14 heteroatoms. The highest BCUT2D eigenvalue weighted by atomic mass is 19.4. The smallest absolute Gasteiger partial charge is 0.451 e. The van der Waals surface area contributed by atoms with Crippen LogP contribution in [0.5, 0.6) is 5.88 Å². The molecule has 0 bridgehead atoms. The molecular weight excluding hydrogens is 551 g/mol. The van der Waals surface area contributed by atoms with Gasteiger partial charge < -0.3 is 19.8 Å². The number of nitrogens with zero attached hydrogens (tertiary/aromatic N) is 7. The van der Waals surface area contributed by atoms with E-state index in [-0.39, 0.29) is 17.6 Å². The number of rotatable bonds is 9. The Hall–Kier alpha value is -4.04. The maximum absolute atomic E-state index is 13.0. The largest absolute Gasteiger partial charge is 0.471 e. The van der Waals surface area contributed by atoms with E-state index in [0.717, 1.165) is 56.0 Å². The summed E-state index contributed by atoms with van der Waals surface area (Å²) in [6.07, 6.45) is 1.76. The van der Waals surface area contributed by atoms with Gasteiger partial charge in [0, 0.05) is 30.0 Å². The first-order chi connectivity index (χ1) is 20.3. The number of ether oxygens (including phenoxy) is 2. The summed E-state index contributed by atoms with van der Waals surface area (Å²) in [6, 6.07) is 7.49. The summed E-state index contributed by atoms with van der Waals surface area (Å²) >= 11 is 0. The van der Waals surface area contributed by atoms with Crippen molar-refractivity contribution in [1.29, 1.82) is 0 Å². The van der Waals surface area contributed by atoms with Crippen LogP contribution in [-0.2, 0) is 24.0 Å². The first kappa shape index (κ1) is 28.1. The van der Waals surface area contributed by atoms with Crippen molar-refractivity contribution in [3.63, 3.8) is 0 Å². The molecule has 2 fully saturated rings. The van der Waals surface area contributed by atoms with Gasteiger partial charge in [-0.05, 0) is 51.4 Å². The third-order valence-electron chi connectivity index (χ3n) is 7.75. The van der Waals surface area contributed by atoms with E-state index in [1.807, 2.05) is 36.3 Å². The minimum Gasteiger partial charge on any atom is -0.471 e. The van der Waals surface area contributed by atoms with Crippen LogP contribution in [0.2, 0.25) is 0 Å². The minimum absolute atomic E-state index is 0.0950. The van der Waals surface area contributed by atoms with Crippen molar-refractivity contribution in [2.75, 3.05) is 26.3 Å². The Kier molecular flexibility index (Phi) is 7.82. The Balaban J connectivity index is 1.17. The van der Waals surface area contributed by atoms with Crippen LogP contribution in [-0.4, -0.2) is 72.0 Å². The second kappa shape index (κ2) is 11.7. The van der Waals surface area contributed by atoms with Crippen molar-refractivity contribution in [1.82, 2.24) is 39.6 Å². The molecule has 0 saturated carbocycles. The van der Waals surface area contributed by atoms with Crippen LogP contribution in [0.15, 0.2) is 42.2 Å². The van der Waals surface area contributed by atoms with Gasteiger partial charge in [-0.3, -0.25) is 15.0 Å². The predicted octanol–water partition coefficient (Wildman–Crippen LogP) is 4.04. The van der Waals surface area contributed by atoms with Gasteiger partial charge >= 0.3 is 6.18 Å². The third-order valence-corrected chi connectivity index (χ3v) is 7.75. The van der Waals surface area contributed by atoms with Crippen molar-refractivity contribution < 1.29 is 22.6 Å². The average molecular weight is 584 g/mol. The molecule has 11 nitrogen and oxygen atoms in total. The highest BCUT2D eigenvalue weighted by Crippen LogP contribution is 2.31. The number of alkyl halides is 3. The molecule has 0 spiro atoms. The van der Waals surface area contributed by atoms with Crippen LogP contribution in [0.25, 0.3) is 22.6 Å². The molecule has 4 aromatic rings. The molecule has 3 N–H and O–H groups in total. The number of halogens is 3. The maximum Gasteiger partial charge on any atom is 0.451 e. The Morgan fingerprint density at radius 1 is 1.19 bits per heavy atom. The number of pyridine rings is 2. The van der Waals surface area contributed by atoms with Crippen LogP contribution < -0.4 is 10.5 Å². The van der Waals surface area contributed by atoms with E-state index in [1.165, 1.54) is 0 Å². The molecule has 2 saturated heterocycles. The first-order valence-electron chi connectivity index (χ1n) is 14.0. The highest BCUT2D eigenvalue weighted by Gasteiger charge is 2.35. The summed E-state index contributed by atoms with van der Waals surface area (Å²) in [7, 11) is 0. The van der Waals surface area contributed by atoms with Crippen LogP contribution >= 0.6 is 0 Å². The number of fused-ring (bicyclic) bond motifs is 1. The maximum atomic E-state index is 13.0. The van der Waals surface area contributed by atoms with E-state index in [2.05, 4.69) is 24.5 Å². The molecule has 6 rings (SSSR count). The summed E-state index contributed by atoms with van der Waals surface area (Å²) in [5.41, 5.74) is 9.16. The molecule has 0 aromatic carbocycles. The Morgan fingerprint density at radius 2 is 2.00 bits per heavy atom. The number of aromatic nitrogens is 7. The zero-order chi connectivity index (χ0) is 29.3. The van der Waals surface area contributed by atoms with Crippen LogP contribution in [0.1, 0.15) is 49.4 Å². The number of imidazole rings is 1. The van der Waals surface area contributed by atoms with Crippen molar-refractivity contribution in [3.05, 3.63) is 59.6 Å². The minimum atomic E-state index is -4.62. The van der Waals surface area contributed by atoms with Gasteiger partial charge in [0.05, 0.1) is 36.4 Å². The molecule has 0 unspecified atom stereocenters. The number of H-pyrrole nitrogens is 1. The number of likely N-dealkylation sites (tertiary alicyclic amines) is 1. The van der Waals surface area contributed by atoms with Gasteiger partial charge in [-0.25, -0.2) is 15.0 Å². The number of hydrogen-bond donors (Lipinski definition) is 2. The SMILES string of the molecule is C/C=C(\N)COc1cccc(C2CCN(Cc3nc4cc(-c5n[nH]c(C(F)(F)F)n5)ncc4n3C[C@@H]3CCO3)CC2)n1. The Labute approximate surface area is 240 Å². The van der Waals surface area contributed by atoms with E-state index in [9.17, 15) is 13.2 Å². The van der Waals surface area contributed by atoms with Gasteiger partial charge in [-0.1, -0.05) is 12.1 Å². The molecular formula is C28H32F3N9O2. The van der Waals surface area contributed by atoms with Crippen molar-refractivity contribution in [2.24, 2.45) is 5.73 Å². The van der Waals surface area contributed by atoms with Gasteiger partial charge in [0.2, 0.25) is 11.7 Å². The predicted molar refractivity (Wildman–Crippen MR) is 147 cm³/mol. The third kappa shape index (κ3) is 6.09. The molecule has 0 radical (unpaired) electrons. The topological polar surface area (TPSA) is 133 Å². The van der Waals surface area contributed by atoms with Gasteiger partial charge in [-0.15, -0.1) is 0 Å². The van der Waals surface area contributed by atoms with E-state index >= 15 is 0 Å². The van der Waals surface area contributed by atoms with E-state index in [0.29, 0.717) is 42.7 Å². The molecule has 6 heterocycles. The zero-order valence-corrected chi connectivity index (χ0v) is 23.1. The van der Waals surface area contributed by atoms with Crippen LogP contribution in [0.4, 0.5) is 13.2 Å². The molecule has 0 aliphatic carbocycles. The van der Waals surface area contributed by atoms with Gasteiger partial charge in [0.1, 0.15) is 18.1 Å². The lowest BCUT2D eigenvalue weighted by molar-refractivity contribution is -0.144. The summed E-state index contributed by atoms with van der Waals surface area (Å²) < 4.78 is 52.6. The van der Waals surface area contributed by atoms with Crippen molar-refractivity contribution >= 4 is 11.0 Å². The second-order valence-corrected chi connectivity index (χ2v) is 10.6. The summed E-state index contributed by atoms with van der Waals surface area (Å²) in [4.78, 5) is 19.9. The van der Waals surface area contributed by atoms with Crippen molar-refractivity contribution in [3.8, 4) is 17.4 Å². The van der Waals surface area contributed by atoms with Gasteiger partial charge in [-0.2, -0.15) is 18.3 Å².